The van der Waals surface area contributed by atoms with Gasteiger partial charge in [-0.25, -0.2) is 4.68 Å². The Morgan fingerprint density at radius 2 is 1.89 bits per heavy atom. The fourth-order valence-corrected chi connectivity index (χ4v) is 3.42. The van der Waals surface area contributed by atoms with Crippen LogP contribution in [-0.4, -0.2) is 25.4 Å². The Labute approximate surface area is 200 Å². The number of rotatable bonds is 7. The zero-order valence-electron chi connectivity index (χ0n) is 19.3. The van der Waals surface area contributed by atoms with E-state index in [0.717, 1.165) is 0 Å². The first-order chi connectivity index (χ1) is 16.9. The van der Waals surface area contributed by atoms with Crippen molar-refractivity contribution in [1.82, 2.24) is 19.5 Å². The Morgan fingerprint density at radius 1 is 1.17 bits per heavy atom. The van der Waals surface area contributed by atoms with Gasteiger partial charge in [0.2, 0.25) is 11.7 Å². The van der Waals surface area contributed by atoms with Gasteiger partial charge in [-0.15, -0.1) is 0 Å². The lowest BCUT2D eigenvalue weighted by molar-refractivity contribution is -0.112. The topological polar surface area (TPSA) is 128 Å². The third-order valence-corrected chi connectivity index (χ3v) is 5.29. The van der Waals surface area contributed by atoms with Crippen LogP contribution in [0.5, 0.6) is 5.75 Å². The molecule has 2 aromatic heterocycles. The van der Waals surface area contributed by atoms with Gasteiger partial charge in [0.25, 0.3) is 11.5 Å². The molecule has 0 aliphatic rings. The quantitative estimate of drug-likeness (QED) is 0.324. The summed E-state index contributed by atoms with van der Waals surface area (Å²) in [4.78, 5) is 29.9. The minimum atomic E-state index is -0.675. The SMILES string of the molecule is Cc1nc(COc2ccc(/C=C(/C#N)C(=O)Nc3c(C)n(C)n(-c4ccccc4)c3=O)cc2)no1. The van der Waals surface area contributed by atoms with Crippen molar-refractivity contribution in [2.45, 2.75) is 20.5 Å². The molecule has 35 heavy (non-hydrogen) atoms. The van der Waals surface area contributed by atoms with E-state index in [1.165, 1.54) is 10.8 Å². The number of benzene rings is 2. The van der Waals surface area contributed by atoms with Gasteiger partial charge in [-0.05, 0) is 42.8 Å². The summed E-state index contributed by atoms with van der Waals surface area (Å²) in [7, 11) is 1.73. The molecule has 10 nitrogen and oxygen atoms in total. The molecular formula is C25H22N6O4. The number of amides is 1. The van der Waals surface area contributed by atoms with Crippen LogP contribution >= 0.6 is 0 Å². The first kappa shape index (κ1) is 23.3. The molecule has 0 atom stereocenters. The smallest absolute Gasteiger partial charge is 0.295 e. The number of hydrogen-bond donors (Lipinski definition) is 1. The number of aryl methyl sites for hydroxylation is 1. The first-order valence-corrected chi connectivity index (χ1v) is 10.7. The fraction of sp³-hybridized carbons (Fsp3) is 0.160. The van der Waals surface area contributed by atoms with Crippen LogP contribution in [0.1, 0.15) is 23.0 Å². The number of anilines is 1. The number of aromatic nitrogens is 4. The maximum atomic E-state index is 13.0. The van der Waals surface area contributed by atoms with Gasteiger partial charge in [-0.3, -0.25) is 14.3 Å². The van der Waals surface area contributed by atoms with E-state index >= 15 is 0 Å². The Balaban J connectivity index is 1.50. The van der Waals surface area contributed by atoms with Crippen LogP contribution < -0.4 is 15.6 Å². The van der Waals surface area contributed by atoms with Gasteiger partial charge in [0.1, 0.15) is 23.1 Å². The summed E-state index contributed by atoms with van der Waals surface area (Å²) in [6.45, 7) is 3.56. The molecule has 2 aromatic carbocycles. The third kappa shape index (κ3) is 5.04. The van der Waals surface area contributed by atoms with E-state index in [1.807, 2.05) is 24.3 Å². The van der Waals surface area contributed by atoms with Gasteiger partial charge in [-0.2, -0.15) is 10.2 Å². The molecule has 0 fully saturated rings. The summed E-state index contributed by atoms with van der Waals surface area (Å²) in [6.07, 6.45) is 1.44. The summed E-state index contributed by atoms with van der Waals surface area (Å²) >= 11 is 0. The second-order valence-corrected chi connectivity index (χ2v) is 7.65. The van der Waals surface area contributed by atoms with E-state index in [0.29, 0.717) is 34.4 Å². The average Bonchev–Trinajstić information content (AvgIpc) is 3.38. The first-order valence-electron chi connectivity index (χ1n) is 10.7. The number of nitrogens with one attached hydrogen (secondary N) is 1. The van der Waals surface area contributed by atoms with E-state index in [-0.39, 0.29) is 23.4 Å². The molecule has 1 N–H and O–H groups in total. The number of carbonyl (C=O) groups is 1. The maximum Gasteiger partial charge on any atom is 0.295 e. The van der Waals surface area contributed by atoms with Crippen LogP contribution in [0.2, 0.25) is 0 Å². The molecule has 1 amide bonds. The molecule has 0 radical (unpaired) electrons. The summed E-state index contributed by atoms with van der Waals surface area (Å²) in [6, 6.07) is 17.8. The fourth-order valence-electron chi connectivity index (χ4n) is 3.42. The minimum absolute atomic E-state index is 0.114. The summed E-state index contributed by atoms with van der Waals surface area (Å²) in [5.41, 5.74) is 1.42. The average molecular weight is 470 g/mol. The van der Waals surface area contributed by atoms with E-state index in [4.69, 9.17) is 9.26 Å². The number of para-hydroxylation sites is 1. The van der Waals surface area contributed by atoms with Gasteiger partial charge in [0.15, 0.2) is 6.61 Å². The largest absolute Gasteiger partial charge is 0.485 e. The van der Waals surface area contributed by atoms with Crippen molar-refractivity contribution in [3.05, 3.63) is 93.5 Å². The predicted octanol–water partition coefficient (Wildman–Crippen LogP) is 3.30. The van der Waals surface area contributed by atoms with E-state index in [2.05, 4.69) is 15.5 Å². The molecular weight excluding hydrogens is 448 g/mol. The van der Waals surface area contributed by atoms with Crippen LogP contribution in [0.4, 0.5) is 5.69 Å². The second kappa shape index (κ2) is 9.93. The number of nitrogens with zero attached hydrogens (tertiary/aromatic N) is 5. The van der Waals surface area contributed by atoms with Gasteiger partial charge in [0, 0.05) is 14.0 Å². The Kier molecular flexibility index (Phi) is 6.59. The van der Waals surface area contributed by atoms with Gasteiger partial charge in [-0.1, -0.05) is 35.5 Å². The van der Waals surface area contributed by atoms with Crippen LogP contribution in [-0.2, 0) is 18.4 Å². The predicted molar refractivity (Wildman–Crippen MR) is 128 cm³/mol. The molecule has 0 aliphatic carbocycles. The Bertz CT molecular complexity index is 1490. The van der Waals surface area contributed by atoms with Crippen molar-refractivity contribution in [2.75, 3.05) is 5.32 Å². The summed E-state index contributed by atoms with van der Waals surface area (Å²) in [5, 5.41) is 15.9. The second-order valence-electron chi connectivity index (χ2n) is 7.65. The highest BCUT2D eigenvalue weighted by Crippen LogP contribution is 2.18. The van der Waals surface area contributed by atoms with Crippen molar-refractivity contribution in [1.29, 1.82) is 5.26 Å². The van der Waals surface area contributed by atoms with Crippen molar-refractivity contribution in [3.63, 3.8) is 0 Å². The Hall–Kier alpha value is -4.91. The molecule has 0 unspecified atom stereocenters. The number of carbonyl (C=O) groups excluding carboxylic acids is 1. The number of hydrogen-bond acceptors (Lipinski definition) is 7. The molecule has 10 heteroatoms. The normalized spacial score (nSPS) is 11.2. The molecule has 4 aromatic rings. The van der Waals surface area contributed by atoms with Crippen molar-refractivity contribution < 1.29 is 14.1 Å². The molecule has 176 valence electrons. The highest BCUT2D eigenvalue weighted by Gasteiger charge is 2.20. The third-order valence-electron chi connectivity index (χ3n) is 5.29. The van der Waals surface area contributed by atoms with Crippen molar-refractivity contribution in [2.24, 2.45) is 7.05 Å². The van der Waals surface area contributed by atoms with Gasteiger partial charge >= 0.3 is 0 Å². The van der Waals surface area contributed by atoms with Crippen LogP contribution in [0.3, 0.4) is 0 Å². The lowest BCUT2D eigenvalue weighted by Gasteiger charge is -2.07. The number of nitriles is 1. The zero-order chi connectivity index (χ0) is 24.9. The van der Waals surface area contributed by atoms with E-state index in [9.17, 15) is 14.9 Å². The van der Waals surface area contributed by atoms with E-state index < -0.39 is 5.91 Å². The molecule has 2 heterocycles. The summed E-state index contributed by atoms with van der Waals surface area (Å²) in [5.74, 6) is 0.772. The van der Waals surface area contributed by atoms with Crippen LogP contribution in [0.25, 0.3) is 11.8 Å². The van der Waals surface area contributed by atoms with Crippen LogP contribution in [0, 0.1) is 25.2 Å². The molecule has 0 saturated carbocycles. The van der Waals surface area contributed by atoms with Gasteiger partial charge in [0.05, 0.1) is 11.4 Å². The van der Waals surface area contributed by atoms with Crippen molar-refractivity contribution >= 4 is 17.7 Å². The number of ether oxygens (including phenoxy) is 1. The molecule has 0 saturated heterocycles. The highest BCUT2D eigenvalue weighted by molar-refractivity contribution is 6.09. The minimum Gasteiger partial charge on any atom is -0.485 e. The van der Waals surface area contributed by atoms with E-state index in [1.54, 1.807) is 62.0 Å². The summed E-state index contributed by atoms with van der Waals surface area (Å²) < 4.78 is 13.6. The Morgan fingerprint density at radius 3 is 2.51 bits per heavy atom. The highest BCUT2D eigenvalue weighted by atomic mass is 16.5. The molecule has 0 bridgehead atoms. The lowest BCUT2D eigenvalue weighted by Crippen LogP contribution is -2.23. The van der Waals surface area contributed by atoms with Gasteiger partial charge < -0.3 is 14.6 Å². The monoisotopic (exact) mass is 470 g/mol. The van der Waals surface area contributed by atoms with Crippen LogP contribution in [0.15, 0.2) is 69.5 Å². The maximum absolute atomic E-state index is 13.0. The molecule has 0 aliphatic heterocycles. The zero-order valence-corrected chi connectivity index (χ0v) is 19.3. The lowest BCUT2D eigenvalue weighted by atomic mass is 10.1. The molecule has 0 spiro atoms. The molecule has 4 rings (SSSR count). The standard InChI is InChI=1S/C25H22N6O4/c1-16-23(25(33)31(30(16)3)20-7-5-4-6-8-20)28-24(32)19(14-26)13-18-9-11-21(12-10-18)34-15-22-27-17(2)35-29-22/h4-13H,15H2,1-3H3,(H,28,32)/b19-13-. The van der Waals surface area contributed by atoms with Crippen molar-refractivity contribution in [3.8, 4) is 17.5 Å².